The molecule has 0 unspecified atom stereocenters. The average molecular weight is 1500 g/mol. The van der Waals surface area contributed by atoms with Crippen LogP contribution in [-0.2, 0) is 18.6 Å². The molecule has 18 heteroatoms. The van der Waals surface area contributed by atoms with Crippen LogP contribution in [0.1, 0.15) is 78.2 Å². The van der Waals surface area contributed by atoms with Crippen LogP contribution in [0, 0.1) is 27.7 Å². The molecule has 0 aliphatic carbocycles. The predicted molar refractivity (Wildman–Crippen MR) is 441 cm³/mol. The van der Waals surface area contributed by atoms with E-state index in [2.05, 4.69) is 206 Å². The lowest BCUT2D eigenvalue weighted by atomic mass is 9.49. The van der Waals surface area contributed by atoms with Crippen LogP contribution in [0.4, 0.5) is 0 Å². The van der Waals surface area contributed by atoms with Gasteiger partial charge in [0.05, 0.1) is 22.4 Å². The van der Waals surface area contributed by atoms with Crippen molar-refractivity contribution in [2.45, 2.75) is 105 Å². The van der Waals surface area contributed by atoms with Crippen LogP contribution in [0.5, 0.6) is 0 Å². The van der Waals surface area contributed by atoms with Crippen LogP contribution >= 0.6 is 27.5 Å². The number of rotatable bonds is 12. The highest BCUT2D eigenvalue weighted by Crippen LogP contribution is 2.43. The van der Waals surface area contributed by atoms with Crippen molar-refractivity contribution >= 4 is 41.5 Å². The first-order valence-corrected chi connectivity index (χ1v) is 37.1. The first kappa shape index (κ1) is 75.4. The molecule has 0 radical (unpaired) electrons. The smallest absolute Gasteiger partial charge is 0.405 e. The topological polar surface area (TPSA) is 166 Å². The zero-order valence-electron chi connectivity index (χ0n) is 62.6. The van der Waals surface area contributed by atoms with Gasteiger partial charge in [-0.3, -0.25) is 0 Å². The molecular weight excluding hydrogens is 1420 g/mol. The third kappa shape index (κ3) is 18.2. The molecular formula is C90H82B2BrClN10O4. The van der Waals surface area contributed by atoms with Gasteiger partial charge >= 0.3 is 14.0 Å². The second-order valence-corrected chi connectivity index (χ2v) is 29.9. The fourth-order valence-corrected chi connectivity index (χ4v) is 12.7. The zero-order chi connectivity index (χ0) is 75.7. The third-order valence-electron chi connectivity index (χ3n) is 19.5. The summed E-state index contributed by atoms with van der Waals surface area (Å²) in [6.45, 7) is 24.0. The van der Waals surface area contributed by atoms with Gasteiger partial charge in [-0.2, -0.15) is 0 Å². The SMILES string of the molecule is Brc1ccc(-c2nc(-c3ccc(-c4ccccc4)cc3)nc(-c3ccc(-c4ccccc4)cc3)n2)cc1.CC1(C)OB(B2OC(C)(C)C(C)(C)O2)OC1(C)C.Cc1cc(C)nc(-c2ccc(-c3nc(-c4ccc(-c5ccccc5)cc4)nc(-c4ccc(-c5ccccc5)cc4)n3)cc2)n1.Cc1cc(C)nc(Cl)n1. The van der Waals surface area contributed by atoms with Gasteiger partial charge in [0.25, 0.3) is 0 Å². The maximum Gasteiger partial charge on any atom is 0.488 e. The van der Waals surface area contributed by atoms with E-state index in [4.69, 9.17) is 60.1 Å². The van der Waals surface area contributed by atoms with Gasteiger partial charge in [0, 0.05) is 66.2 Å². The first-order valence-electron chi connectivity index (χ1n) is 35.9. The molecule has 536 valence electrons. The minimum Gasteiger partial charge on any atom is -0.405 e. The Morgan fingerprint density at radius 3 is 0.602 bits per heavy atom. The summed E-state index contributed by atoms with van der Waals surface area (Å²) in [6, 6.07) is 94.9. The summed E-state index contributed by atoms with van der Waals surface area (Å²) in [7, 11) is -0.952. The summed E-state index contributed by atoms with van der Waals surface area (Å²) in [6.07, 6.45) is 0. The largest absolute Gasteiger partial charge is 0.488 e. The Bertz CT molecular complexity index is 5050. The van der Waals surface area contributed by atoms with E-state index in [1.54, 1.807) is 0 Å². The molecule has 0 N–H and O–H groups in total. The van der Waals surface area contributed by atoms with Gasteiger partial charge < -0.3 is 18.6 Å². The number of benzene rings is 10. The molecule has 14 nitrogen and oxygen atoms in total. The number of nitrogens with zero attached hydrogens (tertiary/aromatic N) is 10. The van der Waals surface area contributed by atoms with Gasteiger partial charge in [-0.05, 0) is 163 Å². The van der Waals surface area contributed by atoms with Gasteiger partial charge in [-0.25, -0.2) is 49.8 Å². The Morgan fingerprint density at radius 1 is 0.231 bits per heavy atom. The Morgan fingerprint density at radius 2 is 0.398 bits per heavy atom. The summed E-state index contributed by atoms with van der Waals surface area (Å²) < 4.78 is 24.9. The lowest BCUT2D eigenvalue weighted by Crippen LogP contribution is -2.41. The van der Waals surface area contributed by atoms with Gasteiger partial charge in [-0.15, -0.1) is 0 Å². The lowest BCUT2D eigenvalue weighted by Gasteiger charge is -2.32. The monoisotopic (exact) mass is 1500 g/mol. The number of hydrogen-bond acceptors (Lipinski definition) is 14. The molecule has 2 fully saturated rings. The molecule has 2 aliphatic rings. The summed E-state index contributed by atoms with van der Waals surface area (Å²) in [5, 5.41) is 0.326. The Hall–Kier alpha value is -10.9. The average Bonchev–Trinajstić information content (AvgIpc) is 1.61. The minimum absolute atomic E-state index is 0.326. The van der Waals surface area contributed by atoms with Gasteiger partial charge in [0.15, 0.2) is 40.8 Å². The van der Waals surface area contributed by atoms with Crippen LogP contribution in [-0.4, -0.2) is 86.3 Å². The van der Waals surface area contributed by atoms with Crippen molar-refractivity contribution < 1.29 is 18.6 Å². The number of aryl methyl sites for hydroxylation is 4. The molecule has 0 saturated carbocycles. The van der Waals surface area contributed by atoms with Crippen LogP contribution in [0.25, 0.3) is 124 Å². The van der Waals surface area contributed by atoms with Crippen LogP contribution < -0.4 is 0 Å². The molecule has 2 aliphatic heterocycles. The van der Waals surface area contributed by atoms with Crippen LogP contribution in [0.2, 0.25) is 5.28 Å². The fourth-order valence-electron chi connectivity index (χ4n) is 12.2. The summed E-state index contributed by atoms with van der Waals surface area (Å²) in [5.74, 6) is 4.51. The summed E-state index contributed by atoms with van der Waals surface area (Å²) in [5.41, 5.74) is 18.1. The molecule has 0 amide bonds. The second kappa shape index (κ2) is 32.7. The molecule has 0 atom stereocenters. The highest BCUT2D eigenvalue weighted by atomic mass is 79.9. The fraction of sp³-hybridized carbons (Fsp3) is 0.178. The van der Waals surface area contributed by atoms with E-state index in [0.29, 0.717) is 46.1 Å². The van der Waals surface area contributed by atoms with E-state index in [9.17, 15) is 0 Å². The van der Waals surface area contributed by atoms with Gasteiger partial charge in [-0.1, -0.05) is 271 Å². The predicted octanol–water partition coefficient (Wildman–Crippen LogP) is 22.2. The van der Waals surface area contributed by atoms with Gasteiger partial charge in [0.1, 0.15) is 0 Å². The van der Waals surface area contributed by atoms with Crippen molar-refractivity contribution in [1.82, 2.24) is 49.8 Å². The van der Waals surface area contributed by atoms with Gasteiger partial charge in [0.2, 0.25) is 5.28 Å². The number of halogens is 2. The second-order valence-electron chi connectivity index (χ2n) is 28.6. The van der Waals surface area contributed by atoms with Crippen molar-refractivity contribution in [2.24, 2.45) is 0 Å². The highest BCUT2D eigenvalue weighted by Gasteiger charge is 2.63. The van der Waals surface area contributed by atoms with Crippen molar-refractivity contribution in [3.8, 4) is 124 Å². The summed E-state index contributed by atoms with van der Waals surface area (Å²) >= 11 is 9.05. The Kier molecular flexibility index (Phi) is 22.8. The van der Waals surface area contributed by atoms with Crippen molar-refractivity contribution in [3.63, 3.8) is 0 Å². The molecule has 14 aromatic rings. The van der Waals surface area contributed by atoms with Crippen molar-refractivity contribution in [1.29, 1.82) is 0 Å². The van der Waals surface area contributed by atoms with E-state index in [0.717, 1.165) is 88.4 Å². The quantitative estimate of drug-likeness (QED) is 0.0837. The van der Waals surface area contributed by atoms with Crippen LogP contribution in [0.15, 0.2) is 284 Å². The zero-order valence-corrected chi connectivity index (χ0v) is 64.9. The Labute approximate surface area is 647 Å². The van der Waals surface area contributed by atoms with E-state index >= 15 is 0 Å². The molecule has 10 aromatic carbocycles. The van der Waals surface area contributed by atoms with E-state index in [-0.39, 0.29) is 22.4 Å². The molecule has 2 saturated heterocycles. The molecule has 0 spiro atoms. The number of hydrogen-bond donors (Lipinski definition) is 0. The minimum atomic E-state index is -0.476. The maximum atomic E-state index is 5.96. The van der Waals surface area contributed by atoms with E-state index < -0.39 is 14.0 Å². The van der Waals surface area contributed by atoms with Crippen molar-refractivity contribution in [2.75, 3.05) is 0 Å². The van der Waals surface area contributed by atoms with Crippen LogP contribution in [0.3, 0.4) is 0 Å². The molecule has 16 rings (SSSR count). The maximum absolute atomic E-state index is 5.96. The lowest BCUT2D eigenvalue weighted by molar-refractivity contribution is 0.00578. The van der Waals surface area contributed by atoms with Crippen molar-refractivity contribution in [3.05, 3.63) is 312 Å². The van der Waals surface area contributed by atoms with E-state index in [1.807, 2.05) is 192 Å². The first-order chi connectivity index (χ1) is 51.9. The summed E-state index contributed by atoms with van der Waals surface area (Å²) in [4.78, 5) is 46.5. The molecule has 108 heavy (non-hydrogen) atoms. The normalized spacial score (nSPS) is 14.3. The standard InChI is InChI=1S/C39H29N5.C33H22BrN3.C12H24B2O4.C6H7ClN2/c1-26-25-27(2)41-36(40-26)32-21-23-35(24-22-32)39-43-37(33-17-13-30(14-18-33)28-9-5-3-6-10-28)42-38(44-39)34-19-15-31(16-20-34)29-11-7-4-8-12-29;34-30-21-19-29(20-22-30)33-36-31(27-15-11-25(12-16-27)23-7-3-1-4-8-23)35-32(37-33)28-17-13-26(14-18-28)24-9-5-2-6-10-24;1-9(2)10(3,4)16-13(15-9)14-17-11(5,6)12(7,8)18-14;1-4-3-5(2)9-6(7)8-4/h3-25H,1-2H3;1-22H;1-8H3;3H,1-2H3. The molecule has 6 heterocycles. The Balaban J connectivity index is 0.000000144. The third-order valence-corrected chi connectivity index (χ3v) is 20.2. The number of aromatic nitrogens is 10. The molecule has 4 aromatic heterocycles. The molecule has 0 bridgehead atoms. The van der Waals surface area contributed by atoms with E-state index in [1.165, 1.54) is 22.3 Å². The highest BCUT2D eigenvalue weighted by molar-refractivity contribution is 9.10.